The lowest BCUT2D eigenvalue weighted by Crippen LogP contribution is -2.19. The molecular formula is C22H27NO3. The van der Waals surface area contributed by atoms with Gasteiger partial charge < -0.3 is 14.8 Å². The maximum Gasteiger partial charge on any atom is 0.259 e. The zero-order valence-corrected chi connectivity index (χ0v) is 15.7. The van der Waals surface area contributed by atoms with E-state index in [0.717, 1.165) is 25.1 Å². The van der Waals surface area contributed by atoms with Gasteiger partial charge in [0.2, 0.25) is 0 Å². The molecule has 1 amide bonds. The normalized spacial score (nSPS) is 17.1. The van der Waals surface area contributed by atoms with Crippen LogP contribution in [0.1, 0.15) is 49.5 Å². The fourth-order valence-electron chi connectivity index (χ4n) is 2.99. The van der Waals surface area contributed by atoms with Gasteiger partial charge in [-0.3, -0.25) is 4.79 Å². The van der Waals surface area contributed by atoms with Crippen LogP contribution in [0.15, 0.2) is 48.5 Å². The van der Waals surface area contributed by atoms with Crippen LogP contribution in [0.25, 0.3) is 0 Å². The summed E-state index contributed by atoms with van der Waals surface area (Å²) in [4.78, 5) is 12.7. The van der Waals surface area contributed by atoms with E-state index in [2.05, 4.69) is 38.2 Å². The lowest BCUT2D eigenvalue weighted by molar-refractivity contribution is 0.0673. The van der Waals surface area contributed by atoms with Gasteiger partial charge in [0.1, 0.15) is 12.4 Å². The van der Waals surface area contributed by atoms with E-state index in [4.69, 9.17) is 9.47 Å². The Morgan fingerprint density at radius 3 is 2.54 bits per heavy atom. The molecule has 1 saturated heterocycles. The van der Waals surface area contributed by atoms with E-state index in [1.807, 2.05) is 30.3 Å². The maximum atomic E-state index is 12.7. The molecular weight excluding hydrogens is 326 g/mol. The van der Waals surface area contributed by atoms with Gasteiger partial charge in [-0.25, -0.2) is 0 Å². The van der Waals surface area contributed by atoms with E-state index < -0.39 is 0 Å². The Morgan fingerprint density at radius 1 is 1.15 bits per heavy atom. The molecule has 0 aromatic heterocycles. The van der Waals surface area contributed by atoms with Crippen molar-refractivity contribution in [3.63, 3.8) is 0 Å². The number of ether oxygens (including phenoxy) is 2. The van der Waals surface area contributed by atoms with E-state index in [9.17, 15) is 4.79 Å². The van der Waals surface area contributed by atoms with Crippen LogP contribution in [-0.4, -0.2) is 25.2 Å². The minimum absolute atomic E-state index is 0.0886. The minimum atomic E-state index is -0.170. The largest absolute Gasteiger partial charge is 0.490 e. The first kappa shape index (κ1) is 18.5. The number of para-hydroxylation sites is 1. The maximum absolute atomic E-state index is 12.7. The van der Waals surface area contributed by atoms with Gasteiger partial charge in [0.25, 0.3) is 5.91 Å². The molecule has 1 atom stereocenters. The van der Waals surface area contributed by atoms with Crippen molar-refractivity contribution in [3.05, 3.63) is 59.7 Å². The van der Waals surface area contributed by atoms with Crippen molar-refractivity contribution in [2.24, 2.45) is 0 Å². The molecule has 1 aliphatic rings. The fourth-order valence-corrected chi connectivity index (χ4v) is 2.99. The number of amides is 1. The van der Waals surface area contributed by atoms with Gasteiger partial charge in [-0.05, 0) is 48.1 Å². The molecule has 1 fully saturated rings. The first-order valence-electron chi connectivity index (χ1n) is 9.19. The molecule has 138 valence electrons. The molecule has 0 aliphatic carbocycles. The Labute approximate surface area is 155 Å². The molecule has 2 aromatic carbocycles. The van der Waals surface area contributed by atoms with Crippen molar-refractivity contribution >= 4 is 11.6 Å². The van der Waals surface area contributed by atoms with Crippen LogP contribution in [0, 0.1) is 0 Å². The number of nitrogens with one attached hydrogen (secondary N) is 1. The summed E-state index contributed by atoms with van der Waals surface area (Å²) in [6, 6.07) is 15.3. The second kappa shape index (κ2) is 7.92. The number of hydrogen-bond donors (Lipinski definition) is 1. The van der Waals surface area contributed by atoms with Crippen molar-refractivity contribution in [3.8, 4) is 5.75 Å². The third-order valence-corrected chi connectivity index (χ3v) is 4.59. The van der Waals surface area contributed by atoms with Crippen molar-refractivity contribution in [2.75, 3.05) is 18.5 Å². The highest BCUT2D eigenvalue weighted by atomic mass is 16.5. The number of carbonyl (C=O) groups excluding carboxylic acids is 1. The Kier molecular flexibility index (Phi) is 5.62. The van der Waals surface area contributed by atoms with Crippen LogP contribution in [0.3, 0.4) is 0 Å². The van der Waals surface area contributed by atoms with Gasteiger partial charge >= 0.3 is 0 Å². The van der Waals surface area contributed by atoms with E-state index in [1.54, 1.807) is 6.07 Å². The molecule has 4 nitrogen and oxygen atoms in total. The third kappa shape index (κ3) is 4.64. The molecule has 0 unspecified atom stereocenters. The van der Waals surface area contributed by atoms with Crippen molar-refractivity contribution < 1.29 is 14.3 Å². The van der Waals surface area contributed by atoms with Gasteiger partial charge in [-0.15, -0.1) is 0 Å². The Morgan fingerprint density at radius 2 is 1.88 bits per heavy atom. The number of carbonyl (C=O) groups is 1. The van der Waals surface area contributed by atoms with Crippen LogP contribution in [0.5, 0.6) is 5.75 Å². The molecule has 0 spiro atoms. The van der Waals surface area contributed by atoms with E-state index in [-0.39, 0.29) is 17.4 Å². The average molecular weight is 353 g/mol. The fraction of sp³-hybridized carbons (Fsp3) is 0.409. The summed E-state index contributed by atoms with van der Waals surface area (Å²) in [5.41, 5.74) is 2.63. The quantitative estimate of drug-likeness (QED) is 0.840. The second-order valence-corrected chi connectivity index (χ2v) is 7.72. The van der Waals surface area contributed by atoms with Crippen molar-refractivity contribution in [1.82, 2.24) is 0 Å². The second-order valence-electron chi connectivity index (χ2n) is 7.72. The summed E-state index contributed by atoms with van der Waals surface area (Å²) < 4.78 is 11.4. The number of hydrogen-bond acceptors (Lipinski definition) is 3. The smallest absolute Gasteiger partial charge is 0.259 e. The predicted molar refractivity (Wildman–Crippen MR) is 104 cm³/mol. The highest BCUT2D eigenvalue weighted by Crippen LogP contribution is 2.25. The summed E-state index contributed by atoms with van der Waals surface area (Å²) in [7, 11) is 0. The molecule has 1 heterocycles. The van der Waals surface area contributed by atoms with E-state index in [0.29, 0.717) is 17.9 Å². The summed E-state index contributed by atoms with van der Waals surface area (Å²) in [5.74, 6) is 0.420. The van der Waals surface area contributed by atoms with Crippen LogP contribution in [0.2, 0.25) is 0 Å². The average Bonchev–Trinajstić information content (AvgIpc) is 3.13. The lowest BCUT2D eigenvalue weighted by atomic mass is 9.87. The zero-order chi connectivity index (χ0) is 18.6. The standard InChI is InChI=1S/C22H27NO3/c1-22(2,3)16-10-12-17(13-11-16)23-21(24)19-8-4-5-9-20(19)26-15-18-7-6-14-25-18/h4-5,8-13,18H,6-7,14-15H2,1-3H3,(H,23,24)/t18-/m1/s1. The molecule has 4 heteroatoms. The highest BCUT2D eigenvalue weighted by molar-refractivity contribution is 6.06. The van der Waals surface area contributed by atoms with Crippen LogP contribution in [0.4, 0.5) is 5.69 Å². The SMILES string of the molecule is CC(C)(C)c1ccc(NC(=O)c2ccccc2OC[C@H]2CCCO2)cc1. The third-order valence-electron chi connectivity index (χ3n) is 4.59. The predicted octanol–water partition coefficient (Wildman–Crippen LogP) is 4.79. The monoisotopic (exact) mass is 353 g/mol. The van der Waals surface area contributed by atoms with Gasteiger partial charge in [0.05, 0.1) is 11.7 Å². The topological polar surface area (TPSA) is 47.6 Å². The van der Waals surface area contributed by atoms with Crippen LogP contribution >= 0.6 is 0 Å². The lowest BCUT2D eigenvalue weighted by Gasteiger charge is -2.19. The highest BCUT2D eigenvalue weighted by Gasteiger charge is 2.19. The first-order chi connectivity index (χ1) is 12.4. The number of rotatable bonds is 5. The molecule has 2 aromatic rings. The Hall–Kier alpha value is -2.33. The first-order valence-corrected chi connectivity index (χ1v) is 9.19. The minimum Gasteiger partial charge on any atom is -0.490 e. The van der Waals surface area contributed by atoms with Gasteiger partial charge in [-0.1, -0.05) is 45.0 Å². The Bertz CT molecular complexity index is 741. The molecule has 1 aliphatic heterocycles. The summed E-state index contributed by atoms with van der Waals surface area (Å²) in [6.07, 6.45) is 2.20. The summed E-state index contributed by atoms with van der Waals surface area (Å²) >= 11 is 0. The molecule has 0 bridgehead atoms. The van der Waals surface area contributed by atoms with Gasteiger partial charge in [0, 0.05) is 12.3 Å². The number of benzene rings is 2. The van der Waals surface area contributed by atoms with Gasteiger partial charge in [-0.2, -0.15) is 0 Å². The van der Waals surface area contributed by atoms with Crippen molar-refractivity contribution in [2.45, 2.75) is 45.1 Å². The van der Waals surface area contributed by atoms with Crippen LogP contribution in [-0.2, 0) is 10.2 Å². The molecule has 1 N–H and O–H groups in total. The van der Waals surface area contributed by atoms with E-state index >= 15 is 0 Å². The molecule has 0 saturated carbocycles. The molecule has 3 rings (SSSR count). The zero-order valence-electron chi connectivity index (χ0n) is 15.7. The van der Waals surface area contributed by atoms with Crippen LogP contribution < -0.4 is 10.1 Å². The summed E-state index contributed by atoms with van der Waals surface area (Å²) in [5, 5.41) is 2.96. The molecule has 26 heavy (non-hydrogen) atoms. The summed E-state index contributed by atoms with van der Waals surface area (Å²) in [6.45, 7) is 7.78. The van der Waals surface area contributed by atoms with E-state index in [1.165, 1.54) is 5.56 Å². The van der Waals surface area contributed by atoms with Gasteiger partial charge in [0.15, 0.2) is 0 Å². The number of anilines is 1. The van der Waals surface area contributed by atoms with Crippen molar-refractivity contribution in [1.29, 1.82) is 0 Å². The molecule has 0 radical (unpaired) electrons. The Balaban J connectivity index is 1.67.